The van der Waals surface area contributed by atoms with Gasteiger partial charge in [-0.05, 0) is 24.6 Å². The zero-order valence-corrected chi connectivity index (χ0v) is 13.0. The first kappa shape index (κ1) is 16.7. The summed E-state index contributed by atoms with van der Waals surface area (Å²) in [4.78, 5) is 17.6. The number of hydrogen-bond donors (Lipinski definition) is 0. The van der Waals surface area contributed by atoms with Crippen molar-refractivity contribution in [3.63, 3.8) is 0 Å². The van der Waals surface area contributed by atoms with Crippen LogP contribution in [-0.2, 0) is 9.53 Å². The van der Waals surface area contributed by atoms with E-state index in [4.69, 9.17) is 4.74 Å². The molecule has 0 unspecified atom stereocenters. The van der Waals surface area contributed by atoms with E-state index in [2.05, 4.69) is 9.73 Å². The first-order valence-electron chi connectivity index (χ1n) is 6.57. The number of rotatable bonds is 6. The lowest BCUT2D eigenvalue weighted by atomic mass is 10.2. The van der Waals surface area contributed by atoms with E-state index in [1.807, 2.05) is 6.92 Å². The van der Waals surface area contributed by atoms with Gasteiger partial charge in [-0.1, -0.05) is 17.8 Å². The zero-order chi connectivity index (χ0) is 16.1. The van der Waals surface area contributed by atoms with E-state index < -0.39 is 6.61 Å². The summed E-state index contributed by atoms with van der Waals surface area (Å²) in [5.74, 6) is 0.184. The van der Waals surface area contributed by atoms with Gasteiger partial charge in [0.1, 0.15) is 5.69 Å². The highest BCUT2D eigenvalue weighted by atomic mass is 32.2. The molecule has 0 aliphatic carbocycles. The third-order valence-corrected chi connectivity index (χ3v) is 3.88. The van der Waals surface area contributed by atoms with Gasteiger partial charge in [0.05, 0.1) is 18.9 Å². The summed E-state index contributed by atoms with van der Waals surface area (Å²) < 4.78 is 34.4. The van der Waals surface area contributed by atoms with Crippen LogP contribution in [0.5, 0.6) is 5.75 Å². The van der Waals surface area contributed by atoms with Crippen LogP contribution in [0.2, 0.25) is 0 Å². The average molecular weight is 330 g/mol. The maximum atomic E-state index is 12.5. The highest BCUT2D eigenvalue weighted by molar-refractivity contribution is 8.15. The van der Waals surface area contributed by atoms with E-state index in [1.165, 1.54) is 22.7 Å². The summed E-state index contributed by atoms with van der Waals surface area (Å²) in [5, 5.41) is 0.465. The number of carbonyl (C=O) groups excluding carboxylic acids is 1. The SMILES string of the molecule is COCCN1C(=O)CSC1=Nc1cc(C)ccc1OC(F)F. The summed E-state index contributed by atoms with van der Waals surface area (Å²) in [7, 11) is 1.54. The highest BCUT2D eigenvalue weighted by Crippen LogP contribution is 2.32. The largest absolute Gasteiger partial charge is 0.433 e. The van der Waals surface area contributed by atoms with E-state index >= 15 is 0 Å². The molecular weight excluding hydrogens is 314 g/mol. The fourth-order valence-electron chi connectivity index (χ4n) is 1.90. The quantitative estimate of drug-likeness (QED) is 0.805. The van der Waals surface area contributed by atoms with E-state index in [0.29, 0.717) is 18.3 Å². The predicted molar refractivity (Wildman–Crippen MR) is 81.0 cm³/mol. The molecule has 0 bridgehead atoms. The molecule has 2 rings (SSSR count). The second kappa shape index (κ2) is 7.55. The molecule has 1 heterocycles. The summed E-state index contributed by atoms with van der Waals surface area (Å²) in [6.07, 6.45) is 0. The van der Waals surface area contributed by atoms with Gasteiger partial charge < -0.3 is 9.47 Å². The first-order valence-corrected chi connectivity index (χ1v) is 7.56. The van der Waals surface area contributed by atoms with Crippen LogP contribution in [0.3, 0.4) is 0 Å². The third-order valence-electron chi connectivity index (χ3n) is 2.92. The molecule has 0 saturated carbocycles. The molecule has 1 aromatic carbocycles. The molecular formula is C14H16F2N2O3S. The molecule has 0 N–H and O–H groups in total. The van der Waals surface area contributed by atoms with Crippen LogP contribution >= 0.6 is 11.8 Å². The van der Waals surface area contributed by atoms with Gasteiger partial charge >= 0.3 is 6.61 Å². The monoisotopic (exact) mass is 330 g/mol. The molecule has 1 aliphatic heterocycles. The van der Waals surface area contributed by atoms with E-state index in [0.717, 1.165) is 5.56 Å². The average Bonchev–Trinajstić information content (AvgIpc) is 2.80. The number of methoxy groups -OCH3 is 1. The Labute approximate surface area is 131 Å². The number of alkyl halides is 2. The number of halogens is 2. The van der Waals surface area contributed by atoms with Crippen molar-refractivity contribution in [1.29, 1.82) is 0 Å². The van der Waals surface area contributed by atoms with Crippen LogP contribution < -0.4 is 4.74 Å². The molecule has 1 amide bonds. The topological polar surface area (TPSA) is 51.1 Å². The molecule has 0 aromatic heterocycles. The van der Waals surface area contributed by atoms with Crippen molar-refractivity contribution in [3.8, 4) is 5.75 Å². The number of amidine groups is 1. The van der Waals surface area contributed by atoms with Gasteiger partial charge in [-0.3, -0.25) is 9.69 Å². The van der Waals surface area contributed by atoms with Crippen molar-refractivity contribution in [2.45, 2.75) is 13.5 Å². The highest BCUT2D eigenvalue weighted by Gasteiger charge is 2.28. The summed E-state index contributed by atoms with van der Waals surface area (Å²) >= 11 is 1.27. The molecule has 0 radical (unpaired) electrons. The van der Waals surface area contributed by atoms with Crippen LogP contribution in [-0.4, -0.2) is 48.6 Å². The molecule has 0 spiro atoms. The molecule has 1 saturated heterocycles. The van der Waals surface area contributed by atoms with E-state index in [-0.39, 0.29) is 23.1 Å². The number of aryl methyl sites for hydroxylation is 1. The third kappa shape index (κ3) is 4.17. The number of ether oxygens (including phenoxy) is 2. The fraction of sp³-hybridized carbons (Fsp3) is 0.429. The lowest BCUT2D eigenvalue weighted by Gasteiger charge is -2.16. The van der Waals surface area contributed by atoms with Crippen LogP contribution in [0, 0.1) is 6.92 Å². The molecule has 1 aromatic rings. The minimum Gasteiger partial charge on any atom is -0.433 e. The minimum absolute atomic E-state index is 0.0141. The number of aliphatic imine (C=N–C) groups is 1. The van der Waals surface area contributed by atoms with Crippen molar-refractivity contribution in [2.24, 2.45) is 4.99 Å². The first-order chi connectivity index (χ1) is 10.5. The summed E-state index contributed by atoms with van der Waals surface area (Å²) in [6.45, 7) is -0.354. The lowest BCUT2D eigenvalue weighted by Crippen LogP contribution is -2.32. The summed E-state index contributed by atoms with van der Waals surface area (Å²) in [5.41, 5.74) is 1.14. The van der Waals surface area contributed by atoms with Crippen LogP contribution in [0.15, 0.2) is 23.2 Å². The van der Waals surface area contributed by atoms with Crippen molar-refractivity contribution in [1.82, 2.24) is 4.90 Å². The Hall–Kier alpha value is -1.67. The van der Waals surface area contributed by atoms with Gasteiger partial charge in [-0.25, -0.2) is 4.99 Å². The Kier molecular flexibility index (Phi) is 5.73. The Morgan fingerprint density at radius 3 is 2.91 bits per heavy atom. The predicted octanol–water partition coefficient (Wildman–Crippen LogP) is 2.81. The molecule has 5 nitrogen and oxygen atoms in total. The number of hydrogen-bond acceptors (Lipinski definition) is 5. The van der Waals surface area contributed by atoms with Gasteiger partial charge in [-0.2, -0.15) is 8.78 Å². The Morgan fingerprint density at radius 1 is 1.45 bits per heavy atom. The van der Waals surface area contributed by atoms with Crippen molar-refractivity contribution in [3.05, 3.63) is 23.8 Å². The van der Waals surface area contributed by atoms with E-state index in [9.17, 15) is 13.6 Å². The smallest absolute Gasteiger partial charge is 0.387 e. The van der Waals surface area contributed by atoms with Gasteiger partial charge in [-0.15, -0.1) is 0 Å². The number of amides is 1. The maximum absolute atomic E-state index is 12.5. The second-order valence-electron chi connectivity index (χ2n) is 4.57. The van der Waals surface area contributed by atoms with Crippen LogP contribution in [0.1, 0.15) is 5.56 Å². The Bertz CT molecular complexity index is 581. The second-order valence-corrected chi connectivity index (χ2v) is 5.51. The van der Waals surface area contributed by atoms with Crippen molar-refractivity contribution in [2.75, 3.05) is 26.0 Å². The normalized spacial score (nSPS) is 16.9. The van der Waals surface area contributed by atoms with Gasteiger partial charge in [0.15, 0.2) is 10.9 Å². The maximum Gasteiger partial charge on any atom is 0.387 e. The number of carbonyl (C=O) groups is 1. The molecule has 22 heavy (non-hydrogen) atoms. The van der Waals surface area contributed by atoms with Gasteiger partial charge in [0.25, 0.3) is 0 Å². The van der Waals surface area contributed by atoms with E-state index in [1.54, 1.807) is 19.2 Å². The van der Waals surface area contributed by atoms with Crippen LogP contribution in [0.4, 0.5) is 14.5 Å². The number of nitrogens with zero attached hydrogens (tertiary/aromatic N) is 2. The van der Waals surface area contributed by atoms with Gasteiger partial charge in [0, 0.05) is 7.11 Å². The summed E-state index contributed by atoms with van der Waals surface area (Å²) in [6, 6.07) is 4.75. The lowest BCUT2D eigenvalue weighted by molar-refractivity contribution is -0.124. The molecule has 1 fully saturated rings. The number of benzene rings is 1. The van der Waals surface area contributed by atoms with Gasteiger partial charge in [0.2, 0.25) is 5.91 Å². The molecule has 1 aliphatic rings. The molecule has 120 valence electrons. The Balaban J connectivity index is 2.30. The zero-order valence-electron chi connectivity index (χ0n) is 12.2. The molecule has 0 atom stereocenters. The standard InChI is InChI=1S/C14H16F2N2O3S/c1-9-3-4-11(21-13(15)16)10(7-9)17-14-18(5-6-20-2)12(19)8-22-14/h3-4,7,13H,5-6,8H2,1-2H3. The fourth-order valence-corrected chi connectivity index (χ4v) is 2.82. The minimum atomic E-state index is -2.93. The van der Waals surface area contributed by atoms with Crippen molar-refractivity contribution >= 4 is 28.5 Å². The number of thioether (sulfide) groups is 1. The van der Waals surface area contributed by atoms with Crippen molar-refractivity contribution < 1.29 is 23.0 Å². The van der Waals surface area contributed by atoms with Crippen LogP contribution in [0.25, 0.3) is 0 Å². The Morgan fingerprint density at radius 2 is 2.23 bits per heavy atom. The molecule has 8 heteroatoms.